The molecule has 0 aliphatic heterocycles. The molecule has 0 radical (unpaired) electrons. The van der Waals surface area contributed by atoms with Gasteiger partial charge in [-0.2, -0.15) is 0 Å². The van der Waals surface area contributed by atoms with Gasteiger partial charge in [0.2, 0.25) is 0 Å². The molecule has 0 aromatic heterocycles. The lowest BCUT2D eigenvalue weighted by Gasteiger charge is -2.08. The van der Waals surface area contributed by atoms with E-state index in [0.29, 0.717) is 0 Å². The molecule has 14 heavy (non-hydrogen) atoms. The molecule has 1 rings (SSSR count). The van der Waals surface area contributed by atoms with Gasteiger partial charge in [-0.25, -0.2) is 4.39 Å². The third-order valence-corrected chi connectivity index (χ3v) is 1.71. The van der Waals surface area contributed by atoms with E-state index in [4.69, 9.17) is 15.7 Å². The van der Waals surface area contributed by atoms with Crippen LogP contribution in [0.25, 0.3) is 10.4 Å². The Kier molecular flexibility index (Phi) is 3.28. The van der Waals surface area contributed by atoms with Crippen LogP contribution in [-0.2, 0) is 0 Å². The van der Waals surface area contributed by atoms with E-state index in [2.05, 4.69) is 10.0 Å². The number of hydrogen-bond acceptors (Lipinski definition) is 3. The zero-order valence-electron chi connectivity index (χ0n) is 7.13. The van der Waals surface area contributed by atoms with E-state index in [-0.39, 0.29) is 11.3 Å². The summed E-state index contributed by atoms with van der Waals surface area (Å²) in [7, 11) is 0. The highest BCUT2D eigenvalue weighted by Gasteiger charge is 2.13. The maximum absolute atomic E-state index is 13.2. The number of benzene rings is 1. The van der Waals surface area contributed by atoms with E-state index in [9.17, 15) is 4.39 Å². The normalized spacial score (nSPS) is 11.9. The molecule has 0 saturated carbocycles. The largest absolute Gasteiger partial charge is 0.508 e. The minimum atomic E-state index is -0.958. The molecule has 0 spiro atoms. The first kappa shape index (κ1) is 10.3. The molecule has 0 fully saturated rings. The highest BCUT2D eigenvalue weighted by atomic mass is 19.1. The number of aliphatic hydroxyl groups is 1. The summed E-state index contributed by atoms with van der Waals surface area (Å²) in [6.45, 7) is -0.480. The van der Waals surface area contributed by atoms with Crippen molar-refractivity contribution in [3.05, 3.63) is 40.0 Å². The van der Waals surface area contributed by atoms with Crippen molar-refractivity contribution in [1.82, 2.24) is 0 Å². The lowest BCUT2D eigenvalue weighted by molar-refractivity contribution is 0.265. The van der Waals surface area contributed by atoms with Crippen molar-refractivity contribution >= 4 is 0 Å². The Balaban J connectivity index is 3.10. The molecule has 0 bridgehead atoms. The molecular formula is C8H8FN3O2. The Morgan fingerprint density at radius 2 is 2.29 bits per heavy atom. The number of nitrogens with zero attached hydrogens (tertiary/aromatic N) is 3. The summed E-state index contributed by atoms with van der Waals surface area (Å²) in [4.78, 5) is 2.48. The van der Waals surface area contributed by atoms with E-state index < -0.39 is 18.5 Å². The minimum absolute atomic E-state index is 0.0584. The van der Waals surface area contributed by atoms with Gasteiger partial charge >= 0.3 is 0 Å². The summed E-state index contributed by atoms with van der Waals surface area (Å²) < 4.78 is 13.2. The van der Waals surface area contributed by atoms with Gasteiger partial charge < -0.3 is 10.2 Å². The van der Waals surface area contributed by atoms with E-state index in [0.717, 1.165) is 6.07 Å². The Hall–Kier alpha value is -1.78. The topological polar surface area (TPSA) is 89.2 Å². The number of aromatic hydroxyl groups is 1. The van der Waals surface area contributed by atoms with E-state index in [1.807, 2.05) is 0 Å². The fourth-order valence-electron chi connectivity index (χ4n) is 1.05. The van der Waals surface area contributed by atoms with Crippen LogP contribution in [0.4, 0.5) is 4.39 Å². The predicted molar refractivity (Wildman–Crippen MR) is 47.0 cm³/mol. The van der Waals surface area contributed by atoms with Crippen LogP contribution in [0.1, 0.15) is 11.6 Å². The molecule has 1 unspecified atom stereocenters. The maximum Gasteiger partial charge on any atom is 0.130 e. The number of azide groups is 1. The van der Waals surface area contributed by atoms with Crippen molar-refractivity contribution < 1.29 is 14.6 Å². The van der Waals surface area contributed by atoms with Gasteiger partial charge in [-0.15, -0.1) is 0 Å². The SMILES string of the molecule is [N-]=[N+]=NC(CO)c1ccc(O)cc1F. The Labute approximate surface area is 79.0 Å². The molecule has 5 nitrogen and oxygen atoms in total. The summed E-state index contributed by atoms with van der Waals surface area (Å²) in [5.41, 5.74) is 8.21. The van der Waals surface area contributed by atoms with Gasteiger partial charge in [0.1, 0.15) is 11.6 Å². The average molecular weight is 197 g/mol. The molecule has 1 aromatic rings. The van der Waals surface area contributed by atoms with Crippen LogP contribution in [0.3, 0.4) is 0 Å². The van der Waals surface area contributed by atoms with Crippen LogP contribution in [0.5, 0.6) is 5.75 Å². The number of phenols is 1. The molecule has 2 N–H and O–H groups in total. The standard InChI is InChI=1S/C8H8FN3O2/c9-7-3-5(14)1-2-6(7)8(4-13)11-12-10/h1-3,8,13-14H,4H2. The highest BCUT2D eigenvalue weighted by molar-refractivity contribution is 5.29. The van der Waals surface area contributed by atoms with Gasteiger partial charge in [0.05, 0.1) is 12.6 Å². The first-order valence-corrected chi connectivity index (χ1v) is 3.82. The van der Waals surface area contributed by atoms with Crippen LogP contribution >= 0.6 is 0 Å². The smallest absolute Gasteiger partial charge is 0.130 e. The van der Waals surface area contributed by atoms with Crippen LogP contribution in [0, 0.1) is 5.82 Å². The zero-order chi connectivity index (χ0) is 10.6. The van der Waals surface area contributed by atoms with Gasteiger partial charge in [0.25, 0.3) is 0 Å². The molecular weight excluding hydrogens is 189 g/mol. The average Bonchev–Trinajstić information content (AvgIpc) is 2.15. The van der Waals surface area contributed by atoms with Crippen LogP contribution < -0.4 is 0 Å². The summed E-state index contributed by atoms with van der Waals surface area (Å²) in [6.07, 6.45) is 0. The van der Waals surface area contributed by atoms with Gasteiger partial charge in [-0.1, -0.05) is 11.2 Å². The lowest BCUT2D eigenvalue weighted by Crippen LogP contribution is -2.02. The van der Waals surface area contributed by atoms with Crippen molar-refractivity contribution in [2.24, 2.45) is 5.11 Å². The summed E-state index contributed by atoms with van der Waals surface area (Å²) in [5.74, 6) is -0.930. The monoisotopic (exact) mass is 197 g/mol. The molecule has 1 atom stereocenters. The van der Waals surface area contributed by atoms with Gasteiger partial charge in [-0.05, 0) is 17.2 Å². The van der Waals surface area contributed by atoms with Crippen molar-refractivity contribution in [3.8, 4) is 5.75 Å². The molecule has 1 aromatic carbocycles. The molecule has 0 saturated heterocycles. The zero-order valence-corrected chi connectivity index (χ0v) is 7.13. The lowest BCUT2D eigenvalue weighted by atomic mass is 10.1. The Morgan fingerprint density at radius 1 is 1.57 bits per heavy atom. The number of hydrogen-bond donors (Lipinski definition) is 2. The first-order chi connectivity index (χ1) is 6.69. The number of aliphatic hydroxyl groups excluding tert-OH is 1. The second-order valence-corrected chi connectivity index (χ2v) is 2.61. The second kappa shape index (κ2) is 4.45. The summed E-state index contributed by atoms with van der Waals surface area (Å²) in [5, 5.41) is 20.9. The van der Waals surface area contributed by atoms with Gasteiger partial charge in [0, 0.05) is 11.0 Å². The van der Waals surface area contributed by atoms with E-state index in [1.54, 1.807) is 0 Å². The Morgan fingerprint density at radius 3 is 2.79 bits per heavy atom. The molecule has 0 amide bonds. The number of phenolic OH excluding ortho intramolecular Hbond substituents is 1. The molecule has 0 heterocycles. The van der Waals surface area contributed by atoms with Crippen molar-refractivity contribution in [1.29, 1.82) is 0 Å². The minimum Gasteiger partial charge on any atom is -0.508 e. The molecule has 0 aliphatic carbocycles. The number of halogens is 1. The fourth-order valence-corrected chi connectivity index (χ4v) is 1.05. The van der Waals surface area contributed by atoms with Crippen LogP contribution in [0.15, 0.2) is 23.3 Å². The third-order valence-electron chi connectivity index (χ3n) is 1.71. The maximum atomic E-state index is 13.2. The Bertz CT molecular complexity index is 377. The summed E-state index contributed by atoms with van der Waals surface area (Å²) >= 11 is 0. The van der Waals surface area contributed by atoms with Crippen LogP contribution in [0.2, 0.25) is 0 Å². The quantitative estimate of drug-likeness (QED) is 0.440. The molecule has 74 valence electrons. The van der Waals surface area contributed by atoms with Crippen molar-refractivity contribution in [3.63, 3.8) is 0 Å². The molecule has 6 heteroatoms. The predicted octanol–water partition coefficient (Wildman–Crippen LogP) is 1.88. The van der Waals surface area contributed by atoms with Crippen molar-refractivity contribution in [2.45, 2.75) is 6.04 Å². The van der Waals surface area contributed by atoms with E-state index in [1.165, 1.54) is 12.1 Å². The number of rotatable bonds is 3. The summed E-state index contributed by atoms with van der Waals surface area (Å²) in [6, 6.07) is 2.46. The van der Waals surface area contributed by atoms with E-state index >= 15 is 0 Å². The third kappa shape index (κ3) is 2.12. The first-order valence-electron chi connectivity index (χ1n) is 3.82. The highest BCUT2D eigenvalue weighted by Crippen LogP contribution is 2.23. The fraction of sp³-hybridized carbons (Fsp3) is 0.250. The second-order valence-electron chi connectivity index (χ2n) is 2.61. The van der Waals surface area contributed by atoms with Gasteiger partial charge in [0.15, 0.2) is 0 Å². The van der Waals surface area contributed by atoms with Crippen LogP contribution in [-0.4, -0.2) is 16.8 Å². The molecule has 0 aliphatic rings. The van der Waals surface area contributed by atoms with Gasteiger partial charge in [-0.3, -0.25) is 0 Å². The van der Waals surface area contributed by atoms with Crippen molar-refractivity contribution in [2.75, 3.05) is 6.61 Å².